The third-order valence-corrected chi connectivity index (χ3v) is 4.44. The minimum absolute atomic E-state index is 0.168. The third-order valence-electron chi connectivity index (χ3n) is 4.03. The first kappa shape index (κ1) is 11.6. The van der Waals surface area contributed by atoms with Gasteiger partial charge >= 0.3 is 0 Å². The van der Waals surface area contributed by atoms with Gasteiger partial charge in [0.1, 0.15) is 17.1 Å². The number of ether oxygens (including phenoxy) is 1. The molecule has 5 heteroatoms. The zero-order chi connectivity index (χ0) is 13.2. The van der Waals surface area contributed by atoms with E-state index in [1.165, 1.54) is 0 Å². The van der Waals surface area contributed by atoms with E-state index in [4.69, 9.17) is 26.4 Å². The summed E-state index contributed by atoms with van der Waals surface area (Å²) < 4.78 is 14.8. The highest BCUT2D eigenvalue weighted by Gasteiger charge is 2.32. The molecule has 0 saturated heterocycles. The van der Waals surface area contributed by atoms with Crippen LogP contribution < -0.4 is 0 Å². The molecule has 0 bridgehead atoms. The highest BCUT2D eigenvalue weighted by Crippen LogP contribution is 2.35. The predicted octanol–water partition coefficient (Wildman–Crippen LogP) is 3.16. The molecule has 100 valence electrons. The molecule has 4 rings (SSSR count). The number of nitrogens with zero attached hydrogens (tertiary/aromatic N) is 2. The van der Waals surface area contributed by atoms with Gasteiger partial charge in [0.15, 0.2) is 10.2 Å². The molecule has 0 N–H and O–H groups in total. The maximum atomic E-state index is 6.01. The molecule has 2 aliphatic rings. The van der Waals surface area contributed by atoms with Crippen LogP contribution in [-0.4, -0.2) is 15.2 Å². The molecule has 0 amide bonds. The molecule has 4 nitrogen and oxygen atoms in total. The van der Waals surface area contributed by atoms with E-state index in [1.807, 2.05) is 0 Å². The molecule has 0 fully saturated rings. The summed E-state index contributed by atoms with van der Waals surface area (Å²) in [4.78, 5) is 4.76. The van der Waals surface area contributed by atoms with E-state index in [0.717, 1.165) is 58.7 Å². The van der Waals surface area contributed by atoms with Crippen molar-refractivity contribution in [3.8, 4) is 0 Å². The topological polar surface area (TPSA) is 40.2 Å². The van der Waals surface area contributed by atoms with Gasteiger partial charge in [-0.2, -0.15) is 0 Å². The molecule has 19 heavy (non-hydrogen) atoms. The van der Waals surface area contributed by atoms with Gasteiger partial charge in [-0.25, -0.2) is 4.98 Å². The Morgan fingerprint density at radius 1 is 1.37 bits per heavy atom. The summed E-state index contributed by atoms with van der Waals surface area (Å²) in [5.41, 5.74) is 2.62. The van der Waals surface area contributed by atoms with Gasteiger partial charge in [0.2, 0.25) is 0 Å². The first-order valence-corrected chi connectivity index (χ1v) is 7.14. The van der Waals surface area contributed by atoms with E-state index in [1.54, 1.807) is 0 Å². The van der Waals surface area contributed by atoms with Crippen molar-refractivity contribution in [3.05, 3.63) is 21.8 Å². The number of hydrogen-bond donors (Lipinski definition) is 0. The van der Waals surface area contributed by atoms with Gasteiger partial charge in [-0.3, -0.25) is 0 Å². The molecule has 0 spiro atoms. The summed E-state index contributed by atoms with van der Waals surface area (Å²) in [7, 11) is 0. The minimum Gasteiger partial charge on any atom is -0.456 e. The summed E-state index contributed by atoms with van der Waals surface area (Å²) in [6.45, 7) is 5.70. The van der Waals surface area contributed by atoms with Gasteiger partial charge in [-0.1, -0.05) is 12.2 Å². The predicted molar refractivity (Wildman–Crippen MR) is 73.7 cm³/mol. The molecule has 0 radical (unpaired) electrons. The average Bonchev–Trinajstić information content (AvgIpc) is 2.92. The van der Waals surface area contributed by atoms with Crippen LogP contribution in [-0.2, 0) is 30.7 Å². The van der Waals surface area contributed by atoms with Crippen LogP contribution in [0.25, 0.3) is 11.1 Å². The van der Waals surface area contributed by atoms with E-state index < -0.39 is 0 Å². The van der Waals surface area contributed by atoms with Crippen LogP contribution in [0.4, 0.5) is 0 Å². The lowest BCUT2D eigenvalue weighted by Crippen LogP contribution is -2.31. The van der Waals surface area contributed by atoms with Crippen molar-refractivity contribution < 1.29 is 9.15 Å². The molecule has 0 saturated carbocycles. The Hall–Kier alpha value is -1.20. The van der Waals surface area contributed by atoms with Gasteiger partial charge in [-0.05, 0) is 20.3 Å². The number of furan rings is 1. The Kier molecular flexibility index (Phi) is 2.24. The highest BCUT2D eigenvalue weighted by atomic mass is 32.1. The Morgan fingerprint density at radius 3 is 3.05 bits per heavy atom. The van der Waals surface area contributed by atoms with E-state index in [2.05, 4.69) is 18.4 Å². The normalized spacial score (nSPS) is 20.5. The molecule has 2 aromatic rings. The van der Waals surface area contributed by atoms with Gasteiger partial charge in [0, 0.05) is 24.9 Å². The average molecular weight is 276 g/mol. The fraction of sp³-hybridized carbons (Fsp3) is 0.571. The van der Waals surface area contributed by atoms with Crippen LogP contribution >= 0.6 is 12.2 Å². The maximum absolute atomic E-state index is 6.01. The fourth-order valence-electron chi connectivity index (χ4n) is 3.01. The molecule has 2 aliphatic heterocycles. The minimum atomic E-state index is -0.168. The molecule has 0 atom stereocenters. The Balaban J connectivity index is 2.01. The largest absolute Gasteiger partial charge is 0.456 e. The molecule has 0 unspecified atom stereocenters. The summed E-state index contributed by atoms with van der Waals surface area (Å²) in [6.07, 6.45) is 2.91. The van der Waals surface area contributed by atoms with Gasteiger partial charge in [-0.15, -0.1) is 0 Å². The molecular weight excluding hydrogens is 260 g/mol. The van der Waals surface area contributed by atoms with Crippen molar-refractivity contribution in [2.24, 2.45) is 0 Å². The SMILES string of the molecule is CC1(C)Cc2oc3c(=S)n4c(nc3c2CO1)CCC4. The van der Waals surface area contributed by atoms with Gasteiger partial charge in [0.25, 0.3) is 0 Å². The molecule has 0 aliphatic carbocycles. The van der Waals surface area contributed by atoms with Crippen molar-refractivity contribution in [1.29, 1.82) is 0 Å². The van der Waals surface area contributed by atoms with Crippen molar-refractivity contribution >= 4 is 23.3 Å². The lowest BCUT2D eigenvalue weighted by atomic mass is 9.98. The Bertz CT molecular complexity index is 742. The van der Waals surface area contributed by atoms with E-state index in [0.29, 0.717) is 6.61 Å². The zero-order valence-electron chi connectivity index (χ0n) is 11.2. The standard InChI is InChI=1S/C14H16N2O2S/c1-14(2)6-9-8(7-17-14)11-12(18-9)13(19)16-5-3-4-10(16)15-11/h3-7H2,1-2H3. The highest BCUT2D eigenvalue weighted by molar-refractivity contribution is 7.71. The smallest absolute Gasteiger partial charge is 0.187 e. The second-order valence-electron chi connectivity index (χ2n) is 6.00. The van der Waals surface area contributed by atoms with Crippen molar-refractivity contribution in [2.45, 2.75) is 51.9 Å². The summed E-state index contributed by atoms with van der Waals surface area (Å²) in [5.74, 6) is 2.08. The van der Waals surface area contributed by atoms with Crippen LogP contribution in [0.5, 0.6) is 0 Å². The third kappa shape index (κ3) is 1.61. The van der Waals surface area contributed by atoms with Crippen LogP contribution in [0.15, 0.2) is 4.42 Å². The maximum Gasteiger partial charge on any atom is 0.187 e. The van der Waals surface area contributed by atoms with E-state index >= 15 is 0 Å². The lowest BCUT2D eigenvalue weighted by Gasteiger charge is -2.28. The van der Waals surface area contributed by atoms with Crippen molar-refractivity contribution in [3.63, 3.8) is 0 Å². The van der Waals surface area contributed by atoms with Gasteiger partial charge in [0.05, 0.1) is 12.2 Å². The van der Waals surface area contributed by atoms with Crippen LogP contribution in [0.2, 0.25) is 0 Å². The zero-order valence-corrected chi connectivity index (χ0v) is 12.0. The van der Waals surface area contributed by atoms with Gasteiger partial charge < -0.3 is 13.7 Å². The van der Waals surface area contributed by atoms with Crippen LogP contribution in [0.3, 0.4) is 0 Å². The molecule has 0 aromatic carbocycles. The second kappa shape index (κ2) is 3.67. The number of hydrogen-bond acceptors (Lipinski definition) is 4. The number of rotatable bonds is 0. The van der Waals surface area contributed by atoms with E-state index in [9.17, 15) is 0 Å². The molecule has 2 aromatic heterocycles. The monoisotopic (exact) mass is 276 g/mol. The molecular formula is C14H16N2O2S. The van der Waals surface area contributed by atoms with Crippen molar-refractivity contribution in [1.82, 2.24) is 9.55 Å². The summed E-state index contributed by atoms with van der Waals surface area (Å²) >= 11 is 5.56. The number of aromatic nitrogens is 2. The fourth-order valence-corrected chi connectivity index (χ4v) is 3.34. The number of fused-ring (bicyclic) bond motifs is 4. The first-order chi connectivity index (χ1) is 9.05. The first-order valence-electron chi connectivity index (χ1n) is 6.73. The van der Waals surface area contributed by atoms with Crippen LogP contribution in [0.1, 0.15) is 37.4 Å². The summed E-state index contributed by atoms with van der Waals surface area (Å²) in [6, 6.07) is 0. The lowest BCUT2D eigenvalue weighted by molar-refractivity contribution is -0.0441. The number of aryl methyl sites for hydroxylation is 1. The van der Waals surface area contributed by atoms with Crippen LogP contribution in [0, 0.1) is 4.64 Å². The summed E-state index contributed by atoms with van der Waals surface area (Å²) in [5, 5.41) is 0. The quantitative estimate of drug-likeness (QED) is 0.693. The Morgan fingerprint density at radius 2 is 2.21 bits per heavy atom. The second-order valence-corrected chi connectivity index (χ2v) is 6.38. The van der Waals surface area contributed by atoms with Crippen molar-refractivity contribution in [2.75, 3.05) is 0 Å². The van der Waals surface area contributed by atoms with E-state index in [-0.39, 0.29) is 5.60 Å². The molecule has 4 heterocycles. The Labute approximate surface area is 116 Å².